The van der Waals surface area contributed by atoms with E-state index in [1.54, 1.807) is 0 Å². The van der Waals surface area contributed by atoms with Gasteiger partial charge in [0.15, 0.2) is 5.69 Å². The normalized spacial score (nSPS) is 18.7. The molecule has 0 saturated heterocycles. The molecule has 0 atom stereocenters. The van der Waals surface area contributed by atoms with Crippen molar-refractivity contribution < 1.29 is 27.6 Å². The highest BCUT2D eigenvalue weighted by atomic mass is 35.5. The standard InChI is InChI=1S/C20H21ClF3N5O3/c1-25-18(31)15-16(27-9-26-15)19(32)28-12-5-2-10(3-6-12)17(30)29-14-8-11(20(22,23)24)4-7-13(14)21/h4,7-10,12H,2-3,5-6H2,1H3,(H,25,31)(H,26,27)(H,28,32)(H,29,30)/t10-,12-. The molecule has 1 saturated carbocycles. The Kier molecular flexibility index (Phi) is 7.07. The van der Waals surface area contributed by atoms with Gasteiger partial charge < -0.3 is 20.9 Å². The number of alkyl halides is 3. The van der Waals surface area contributed by atoms with Crippen molar-refractivity contribution in [3.05, 3.63) is 46.5 Å². The van der Waals surface area contributed by atoms with Crippen molar-refractivity contribution in [2.45, 2.75) is 37.9 Å². The van der Waals surface area contributed by atoms with Gasteiger partial charge in [-0.25, -0.2) is 4.98 Å². The minimum absolute atomic E-state index is 0.0128. The zero-order valence-corrected chi connectivity index (χ0v) is 17.7. The zero-order valence-electron chi connectivity index (χ0n) is 17.0. The number of nitrogens with zero attached hydrogens (tertiary/aromatic N) is 1. The molecular weight excluding hydrogens is 451 g/mol. The number of H-pyrrole nitrogens is 1. The van der Waals surface area contributed by atoms with Gasteiger partial charge in [0.05, 0.1) is 22.6 Å². The average molecular weight is 472 g/mol. The lowest BCUT2D eigenvalue weighted by Crippen LogP contribution is -2.40. The van der Waals surface area contributed by atoms with E-state index in [4.69, 9.17) is 11.6 Å². The highest BCUT2D eigenvalue weighted by Crippen LogP contribution is 2.34. The summed E-state index contributed by atoms with van der Waals surface area (Å²) in [5.74, 6) is -1.83. The molecule has 1 aliphatic carbocycles. The lowest BCUT2D eigenvalue weighted by Gasteiger charge is -2.28. The summed E-state index contributed by atoms with van der Waals surface area (Å²) in [6.45, 7) is 0. The van der Waals surface area contributed by atoms with E-state index in [0.29, 0.717) is 25.7 Å². The molecule has 1 aromatic carbocycles. The number of hydrogen-bond acceptors (Lipinski definition) is 4. The van der Waals surface area contributed by atoms with Crippen molar-refractivity contribution in [2.75, 3.05) is 12.4 Å². The van der Waals surface area contributed by atoms with Gasteiger partial charge in [-0.15, -0.1) is 0 Å². The third-order valence-corrected chi connectivity index (χ3v) is 5.62. The second-order valence-corrected chi connectivity index (χ2v) is 7.82. The number of halogens is 4. The summed E-state index contributed by atoms with van der Waals surface area (Å²) < 4.78 is 38.7. The molecule has 0 unspecified atom stereocenters. The molecule has 12 heteroatoms. The lowest BCUT2D eigenvalue weighted by atomic mass is 9.85. The number of carbonyl (C=O) groups is 3. The molecule has 3 amide bonds. The SMILES string of the molecule is CNC(=O)c1nc[nH]c1C(=O)N[C@H]1CC[C@H](C(=O)Nc2cc(C(F)(F)F)ccc2Cl)CC1. The first-order valence-corrected chi connectivity index (χ1v) is 10.2. The monoisotopic (exact) mass is 471 g/mol. The Morgan fingerprint density at radius 2 is 1.81 bits per heavy atom. The number of imidazole rings is 1. The number of aromatic amines is 1. The molecule has 32 heavy (non-hydrogen) atoms. The van der Waals surface area contributed by atoms with E-state index < -0.39 is 35.4 Å². The highest BCUT2D eigenvalue weighted by molar-refractivity contribution is 6.33. The summed E-state index contributed by atoms with van der Waals surface area (Å²) in [5.41, 5.74) is -0.971. The van der Waals surface area contributed by atoms with Crippen molar-refractivity contribution in [1.29, 1.82) is 0 Å². The maximum Gasteiger partial charge on any atom is 0.416 e. The summed E-state index contributed by atoms with van der Waals surface area (Å²) in [7, 11) is 1.43. The first-order chi connectivity index (χ1) is 15.1. The second kappa shape index (κ2) is 9.60. The zero-order chi connectivity index (χ0) is 23.5. The molecule has 0 bridgehead atoms. The van der Waals surface area contributed by atoms with E-state index in [1.807, 2.05) is 0 Å². The first kappa shape index (κ1) is 23.6. The van der Waals surface area contributed by atoms with Gasteiger partial charge >= 0.3 is 6.18 Å². The number of benzene rings is 1. The maximum atomic E-state index is 12.9. The van der Waals surface area contributed by atoms with Gasteiger partial charge in [0.1, 0.15) is 5.69 Å². The third-order valence-electron chi connectivity index (χ3n) is 5.29. The van der Waals surface area contributed by atoms with E-state index >= 15 is 0 Å². The van der Waals surface area contributed by atoms with E-state index in [-0.39, 0.29) is 28.1 Å². The Balaban J connectivity index is 1.56. The van der Waals surface area contributed by atoms with Crippen LogP contribution >= 0.6 is 11.6 Å². The number of amides is 3. The third kappa shape index (κ3) is 5.39. The van der Waals surface area contributed by atoms with Gasteiger partial charge in [-0.1, -0.05) is 11.6 Å². The Bertz CT molecular complexity index is 1020. The van der Waals surface area contributed by atoms with Crippen LogP contribution in [0.1, 0.15) is 52.2 Å². The van der Waals surface area contributed by atoms with Crippen molar-refractivity contribution in [3.63, 3.8) is 0 Å². The van der Waals surface area contributed by atoms with Crippen LogP contribution in [0.2, 0.25) is 5.02 Å². The van der Waals surface area contributed by atoms with Crippen LogP contribution in [0.4, 0.5) is 18.9 Å². The van der Waals surface area contributed by atoms with Gasteiger partial charge in [0.25, 0.3) is 11.8 Å². The predicted octanol–water partition coefficient (Wildman–Crippen LogP) is 3.37. The number of anilines is 1. The summed E-state index contributed by atoms with van der Waals surface area (Å²) >= 11 is 5.94. The fraction of sp³-hybridized carbons (Fsp3) is 0.400. The minimum Gasteiger partial charge on any atom is -0.354 e. The van der Waals surface area contributed by atoms with E-state index in [1.165, 1.54) is 13.4 Å². The molecule has 0 radical (unpaired) electrons. The summed E-state index contributed by atoms with van der Waals surface area (Å²) in [6.07, 6.45) is -1.46. The fourth-order valence-corrected chi connectivity index (χ4v) is 3.71. The number of rotatable bonds is 5. The van der Waals surface area contributed by atoms with Crippen molar-refractivity contribution in [2.24, 2.45) is 5.92 Å². The molecule has 0 spiro atoms. The van der Waals surface area contributed by atoms with Crippen LogP contribution in [0.15, 0.2) is 24.5 Å². The van der Waals surface area contributed by atoms with Gasteiger partial charge in [0.2, 0.25) is 5.91 Å². The topological polar surface area (TPSA) is 116 Å². The lowest BCUT2D eigenvalue weighted by molar-refractivity contribution is -0.137. The van der Waals surface area contributed by atoms with Gasteiger partial charge in [-0.3, -0.25) is 14.4 Å². The van der Waals surface area contributed by atoms with Gasteiger partial charge in [-0.05, 0) is 43.9 Å². The first-order valence-electron chi connectivity index (χ1n) is 9.84. The predicted molar refractivity (Wildman–Crippen MR) is 110 cm³/mol. The Morgan fingerprint density at radius 3 is 2.44 bits per heavy atom. The van der Waals surface area contributed by atoms with Crippen LogP contribution in [-0.2, 0) is 11.0 Å². The fourth-order valence-electron chi connectivity index (χ4n) is 3.55. The Morgan fingerprint density at radius 1 is 1.12 bits per heavy atom. The molecular formula is C20H21ClF3N5O3. The maximum absolute atomic E-state index is 12.9. The molecule has 172 valence electrons. The number of carbonyl (C=O) groups excluding carboxylic acids is 3. The van der Waals surface area contributed by atoms with Crippen molar-refractivity contribution >= 4 is 35.0 Å². The van der Waals surface area contributed by atoms with Gasteiger partial charge in [0, 0.05) is 19.0 Å². The Hall–Kier alpha value is -3.08. The second-order valence-electron chi connectivity index (χ2n) is 7.41. The largest absolute Gasteiger partial charge is 0.416 e. The molecule has 2 aromatic rings. The van der Waals surface area contributed by atoms with E-state index in [0.717, 1.165) is 18.2 Å². The Labute approximate surface area is 186 Å². The molecule has 3 rings (SSSR count). The van der Waals surface area contributed by atoms with Crippen LogP contribution in [0.5, 0.6) is 0 Å². The van der Waals surface area contributed by atoms with Crippen molar-refractivity contribution in [1.82, 2.24) is 20.6 Å². The van der Waals surface area contributed by atoms with E-state index in [2.05, 4.69) is 25.9 Å². The number of nitrogens with one attached hydrogen (secondary N) is 4. The van der Waals surface area contributed by atoms with Crippen LogP contribution in [0.3, 0.4) is 0 Å². The van der Waals surface area contributed by atoms with Gasteiger partial charge in [-0.2, -0.15) is 13.2 Å². The smallest absolute Gasteiger partial charge is 0.354 e. The number of hydrogen-bond donors (Lipinski definition) is 4. The van der Waals surface area contributed by atoms with Crippen LogP contribution < -0.4 is 16.0 Å². The molecule has 1 fully saturated rings. The molecule has 0 aliphatic heterocycles. The quantitative estimate of drug-likeness (QED) is 0.535. The number of aromatic nitrogens is 2. The minimum atomic E-state index is -4.55. The summed E-state index contributed by atoms with van der Waals surface area (Å²) in [6, 6.07) is 2.53. The molecule has 4 N–H and O–H groups in total. The summed E-state index contributed by atoms with van der Waals surface area (Å²) in [4.78, 5) is 43.3. The van der Waals surface area contributed by atoms with Crippen LogP contribution in [0, 0.1) is 5.92 Å². The molecule has 1 heterocycles. The summed E-state index contributed by atoms with van der Waals surface area (Å²) in [5, 5.41) is 7.71. The average Bonchev–Trinajstić information content (AvgIpc) is 3.24. The van der Waals surface area contributed by atoms with Crippen LogP contribution in [-0.4, -0.2) is 40.8 Å². The molecule has 1 aliphatic rings. The molecule has 8 nitrogen and oxygen atoms in total. The van der Waals surface area contributed by atoms with Crippen molar-refractivity contribution in [3.8, 4) is 0 Å². The highest BCUT2D eigenvalue weighted by Gasteiger charge is 2.32. The molecule has 1 aromatic heterocycles. The van der Waals surface area contributed by atoms with E-state index in [9.17, 15) is 27.6 Å². The van der Waals surface area contributed by atoms with Crippen LogP contribution in [0.25, 0.3) is 0 Å².